The van der Waals surface area contributed by atoms with E-state index in [1.54, 1.807) is 7.05 Å². The summed E-state index contributed by atoms with van der Waals surface area (Å²) in [4.78, 5) is 11.6. The molecular weight excluding hydrogens is 212 g/mol. The van der Waals surface area contributed by atoms with Gasteiger partial charge in [0.15, 0.2) is 0 Å². The standard InChI is InChI=1S/C14H30N2O/c1-6-8-9-12(7-2)10-16-11-14(3,4)13(17)15-5/h12,16H,6-11H2,1-5H3,(H,15,17). The lowest BCUT2D eigenvalue weighted by molar-refractivity contribution is -0.128. The SMILES string of the molecule is CCCCC(CC)CNCC(C)(C)C(=O)NC. The van der Waals surface area contributed by atoms with Gasteiger partial charge in [0.2, 0.25) is 5.91 Å². The summed E-state index contributed by atoms with van der Waals surface area (Å²) >= 11 is 0. The fourth-order valence-electron chi connectivity index (χ4n) is 1.95. The summed E-state index contributed by atoms with van der Waals surface area (Å²) in [5, 5.41) is 6.15. The molecule has 3 nitrogen and oxygen atoms in total. The van der Waals surface area contributed by atoms with Gasteiger partial charge in [-0.05, 0) is 32.7 Å². The molecule has 2 N–H and O–H groups in total. The monoisotopic (exact) mass is 242 g/mol. The molecule has 3 heteroatoms. The first kappa shape index (κ1) is 16.4. The Morgan fingerprint density at radius 2 is 1.94 bits per heavy atom. The summed E-state index contributed by atoms with van der Waals surface area (Å²) in [6.45, 7) is 10.2. The van der Waals surface area contributed by atoms with Gasteiger partial charge in [-0.3, -0.25) is 4.79 Å². The highest BCUT2D eigenvalue weighted by Gasteiger charge is 2.26. The number of rotatable bonds is 9. The van der Waals surface area contributed by atoms with Gasteiger partial charge in [0.05, 0.1) is 5.41 Å². The lowest BCUT2D eigenvalue weighted by Gasteiger charge is -2.24. The highest BCUT2D eigenvalue weighted by Crippen LogP contribution is 2.15. The van der Waals surface area contributed by atoms with E-state index < -0.39 is 0 Å². The van der Waals surface area contributed by atoms with Crippen molar-refractivity contribution in [3.63, 3.8) is 0 Å². The highest BCUT2D eigenvalue weighted by molar-refractivity contribution is 5.81. The van der Waals surface area contributed by atoms with Crippen LogP contribution in [0.25, 0.3) is 0 Å². The van der Waals surface area contributed by atoms with E-state index in [4.69, 9.17) is 0 Å². The van der Waals surface area contributed by atoms with Crippen LogP contribution in [0.15, 0.2) is 0 Å². The van der Waals surface area contributed by atoms with Gasteiger partial charge in [0, 0.05) is 13.6 Å². The maximum absolute atomic E-state index is 11.6. The summed E-state index contributed by atoms with van der Waals surface area (Å²) in [7, 11) is 1.69. The zero-order valence-electron chi connectivity index (χ0n) is 12.2. The Balaban J connectivity index is 3.91. The van der Waals surface area contributed by atoms with Gasteiger partial charge in [-0.25, -0.2) is 0 Å². The first-order valence-electron chi connectivity index (χ1n) is 6.90. The fraction of sp³-hybridized carbons (Fsp3) is 0.929. The maximum atomic E-state index is 11.6. The van der Waals surface area contributed by atoms with Crippen LogP contribution < -0.4 is 10.6 Å². The average molecular weight is 242 g/mol. The van der Waals surface area contributed by atoms with E-state index in [1.807, 2.05) is 13.8 Å². The van der Waals surface area contributed by atoms with E-state index in [1.165, 1.54) is 25.7 Å². The Morgan fingerprint density at radius 3 is 2.41 bits per heavy atom. The minimum atomic E-state index is -0.322. The quantitative estimate of drug-likeness (QED) is 0.652. The summed E-state index contributed by atoms with van der Waals surface area (Å²) < 4.78 is 0. The molecule has 1 amide bonds. The van der Waals surface area contributed by atoms with Crippen LogP contribution in [-0.2, 0) is 4.79 Å². The third-order valence-electron chi connectivity index (χ3n) is 3.38. The largest absolute Gasteiger partial charge is 0.359 e. The minimum absolute atomic E-state index is 0.103. The molecule has 0 aromatic heterocycles. The molecule has 0 bridgehead atoms. The summed E-state index contributed by atoms with van der Waals surface area (Å²) in [5.41, 5.74) is -0.322. The number of carbonyl (C=O) groups excluding carboxylic acids is 1. The van der Waals surface area contributed by atoms with Crippen LogP contribution in [0, 0.1) is 11.3 Å². The van der Waals surface area contributed by atoms with Gasteiger partial charge in [-0.1, -0.05) is 33.1 Å². The van der Waals surface area contributed by atoms with Crippen LogP contribution in [0.2, 0.25) is 0 Å². The molecule has 0 aliphatic carbocycles. The smallest absolute Gasteiger partial charge is 0.226 e. The molecule has 17 heavy (non-hydrogen) atoms. The van der Waals surface area contributed by atoms with Crippen molar-refractivity contribution in [2.75, 3.05) is 20.1 Å². The topological polar surface area (TPSA) is 41.1 Å². The van der Waals surface area contributed by atoms with Crippen molar-refractivity contribution in [3.05, 3.63) is 0 Å². The van der Waals surface area contributed by atoms with Crippen LogP contribution in [-0.4, -0.2) is 26.0 Å². The van der Waals surface area contributed by atoms with Gasteiger partial charge in [0.25, 0.3) is 0 Å². The second-order valence-electron chi connectivity index (χ2n) is 5.51. The minimum Gasteiger partial charge on any atom is -0.359 e. The van der Waals surface area contributed by atoms with Crippen LogP contribution in [0.4, 0.5) is 0 Å². The van der Waals surface area contributed by atoms with E-state index in [9.17, 15) is 4.79 Å². The number of nitrogens with one attached hydrogen (secondary N) is 2. The number of amides is 1. The predicted octanol–water partition coefficient (Wildman–Crippen LogP) is 2.56. The number of hydrogen-bond acceptors (Lipinski definition) is 2. The molecule has 0 aromatic rings. The second kappa shape index (κ2) is 8.51. The van der Waals surface area contributed by atoms with Crippen molar-refractivity contribution in [3.8, 4) is 0 Å². The molecule has 102 valence electrons. The Labute approximate surface area is 107 Å². The average Bonchev–Trinajstić information content (AvgIpc) is 2.32. The Morgan fingerprint density at radius 1 is 1.29 bits per heavy atom. The normalized spacial score (nSPS) is 13.5. The highest BCUT2D eigenvalue weighted by atomic mass is 16.2. The molecule has 0 rings (SSSR count). The molecule has 0 aliphatic heterocycles. The molecule has 0 saturated heterocycles. The Kier molecular flexibility index (Phi) is 8.23. The van der Waals surface area contributed by atoms with Gasteiger partial charge in [-0.2, -0.15) is 0 Å². The predicted molar refractivity (Wildman–Crippen MR) is 74.0 cm³/mol. The first-order chi connectivity index (χ1) is 7.97. The van der Waals surface area contributed by atoms with Crippen molar-refractivity contribution in [2.45, 2.75) is 53.4 Å². The van der Waals surface area contributed by atoms with Crippen molar-refractivity contribution in [2.24, 2.45) is 11.3 Å². The lowest BCUT2D eigenvalue weighted by Crippen LogP contribution is -2.43. The number of carbonyl (C=O) groups is 1. The van der Waals surface area contributed by atoms with E-state index in [0.717, 1.165) is 19.0 Å². The van der Waals surface area contributed by atoms with Crippen LogP contribution in [0.5, 0.6) is 0 Å². The van der Waals surface area contributed by atoms with Gasteiger partial charge >= 0.3 is 0 Å². The first-order valence-corrected chi connectivity index (χ1v) is 6.90. The summed E-state index contributed by atoms with van der Waals surface area (Å²) in [6.07, 6.45) is 5.08. The molecule has 1 atom stereocenters. The zero-order valence-corrected chi connectivity index (χ0v) is 12.2. The third-order valence-corrected chi connectivity index (χ3v) is 3.38. The number of hydrogen-bond donors (Lipinski definition) is 2. The van der Waals surface area contributed by atoms with Gasteiger partial charge < -0.3 is 10.6 Å². The molecule has 1 unspecified atom stereocenters. The third kappa shape index (κ3) is 6.67. The zero-order chi connectivity index (χ0) is 13.3. The lowest BCUT2D eigenvalue weighted by atomic mass is 9.91. The Bertz CT molecular complexity index is 214. The molecule has 0 heterocycles. The van der Waals surface area contributed by atoms with Gasteiger partial charge in [-0.15, -0.1) is 0 Å². The fourth-order valence-corrected chi connectivity index (χ4v) is 1.95. The molecule has 0 saturated carbocycles. The van der Waals surface area contributed by atoms with E-state index in [-0.39, 0.29) is 11.3 Å². The molecular formula is C14H30N2O. The molecule has 0 fully saturated rings. The van der Waals surface area contributed by atoms with E-state index >= 15 is 0 Å². The van der Waals surface area contributed by atoms with Crippen molar-refractivity contribution in [1.29, 1.82) is 0 Å². The second-order valence-corrected chi connectivity index (χ2v) is 5.51. The maximum Gasteiger partial charge on any atom is 0.226 e. The van der Waals surface area contributed by atoms with E-state index in [0.29, 0.717) is 0 Å². The van der Waals surface area contributed by atoms with Crippen molar-refractivity contribution in [1.82, 2.24) is 10.6 Å². The summed E-state index contributed by atoms with van der Waals surface area (Å²) in [6, 6.07) is 0. The molecule has 0 aromatic carbocycles. The molecule has 0 aliphatic rings. The van der Waals surface area contributed by atoms with Gasteiger partial charge in [0.1, 0.15) is 0 Å². The van der Waals surface area contributed by atoms with Crippen molar-refractivity contribution < 1.29 is 4.79 Å². The molecule has 0 radical (unpaired) electrons. The van der Waals surface area contributed by atoms with E-state index in [2.05, 4.69) is 24.5 Å². The molecule has 0 spiro atoms. The number of unbranched alkanes of at least 4 members (excludes halogenated alkanes) is 1. The summed E-state index contributed by atoms with van der Waals surface area (Å²) in [5.74, 6) is 0.849. The van der Waals surface area contributed by atoms with Crippen LogP contribution >= 0.6 is 0 Å². The van der Waals surface area contributed by atoms with Crippen LogP contribution in [0.3, 0.4) is 0 Å². The Hall–Kier alpha value is -0.570. The van der Waals surface area contributed by atoms with Crippen LogP contribution in [0.1, 0.15) is 53.4 Å². The van der Waals surface area contributed by atoms with Crippen molar-refractivity contribution >= 4 is 5.91 Å².